The van der Waals surface area contributed by atoms with Gasteiger partial charge in [-0.15, -0.1) is 8.67 Å². The van der Waals surface area contributed by atoms with E-state index in [0.717, 1.165) is 24.3 Å². The van der Waals surface area contributed by atoms with Crippen LogP contribution >= 0.6 is 24.1 Å². The Morgan fingerprint density at radius 3 is 1.63 bits per heavy atom. The molecular formula is C28H12N2O18S4. The first kappa shape index (κ1) is 35.4. The molecule has 0 aliphatic carbocycles. The lowest BCUT2D eigenvalue weighted by atomic mass is 9.98. The van der Waals surface area contributed by atoms with E-state index < -0.39 is 123 Å². The van der Waals surface area contributed by atoms with Gasteiger partial charge in [0.1, 0.15) is 32.7 Å². The van der Waals surface area contributed by atoms with Crippen LogP contribution in [0.1, 0.15) is 0 Å². The summed E-state index contributed by atoms with van der Waals surface area (Å²) in [5.74, 6) is -2.52. The van der Waals surface area contributed by atoms with Crippen molar-refractivity contribution in [3.05, 3.63) is 77.3 Å². The van der Waals surface area contributed by atoms with Crippen LogP contribution in [0.2, 0.25) is 0 Å². The van der Waals surface area contributed by atoms with Crippen LogP contribution < -0.4 is 21.7 Å². The molecule has 0 fully saturated rings. The number of nitrogens with zero attached hydrogens (tertiary/aromatic N) is 2. The fourth-order valence-electron chi connectivity index (χ4n) is 5.91. The highest BCUT2D eigenvalue weighted by molar-refractivity contribution is 7.95. The van der Waals surface area contributed by atoms with Crippen molar-refractivity contribution >= 4 is 109 Å². The number of phenolic OH excluding ortho intramolecular Hbond substituents is 2. The maximum Gasteiger partial charge on any atom is 0.300 e. The summed E-state index contributed by atoms with van der Waals surface area (Å²) in [6.07, 6.45) is 0. The van der Waals surface area contributed by atoms with Crippen molar-refractivity contribution in [1.29, 1.82) is 0 Å². The van der Waals surface area contributed by atoms with Crippen molar-refractivity contribution in [2.24, 2.45) is 0 Å². The molecule has 0 unspecified atom stereocenters. The molecular weight excluding hydrogens is 781 g/mol. The van der Waals surface area contributed by atoms with Gasteiger partial charge in [0, 0.05) is 26.4 Å². The van der Waals surface area contributed by atoms with Crippen LogP contribution in [0.3, 0.4) is 0 Å². The number of aromatic nitrogens is 2. The molecule has 0 amide bonds. The molecule has 6 aromatic carbocycles. The Morgan fingerprint density at radius 2 is 1.06 bits per heavy atom. The Kier molecular flexibility index (Phi) is 8.40. The van der Waals surface area contributed by atoms with Gasteiger partial charge in [0.25, 0.3) is 10.1 Å². The first-order valence-corrected chi connectivity index (χ1v) is 17.9. The molecule has 0 radical (unpaired) electrons. The molecule has 20 nitrogen and oxygen atoms in total. The van der Waals surface area contributed by atoms with Crippen molar-refractivity contribution in [3.63, 3.8) is 0 Å². The van der Waals surface area contributed by atoms with Gasteiger partial charge < -0.3 is 10.2 Å². The molecule has 24 heteroatoms. The Labute approximate surface area is 292 Å². The highest BCUT2D eigenvalue weighted by atomic mass is 32.2. The van der Waals surface area contributed by atoms with Crippen molar-refractivity contribution in [3.8, 4) is 11.5 Å². The Balaban J connectivity index is 1.79. The topological polar surface area (TPSA) is 321 Å². The SMILES string of the molecule is O=c1c2ccc(S(=O)(=O)O)cc2c(=O)c2c1c(O)c(SOOO)c1nc3c(nc12)c(S(=O)(=O)O)c(O)c1c(=O)c2ccc(SOOO)cc2c(=O)c13. The summed E-state index contributed by atoms with van der Waals surface area (Å²) >= 11 is 0.385. The molecule has 0 atom stereocenters. The van der Waals surface area contributed by atoms with Gasteiger partial charge >= 0.3 is 10.1 Å². The molecule has 0 bridgehead atoms. The first-order chi connectivity index (χ1) is 24.5. The van der Waals surface area contributed by atoms with Crippen LogP contribution in [0.5, 0.6) is 11.5 Å². The smallest absolute Gasteiger partial charge is 0.300 e. The summed E-state index contributed by atoms with van der Waals surface area (Å²) in [6.45, 7) is 0. The largest absolute Gasteiger partial charge is 0.506 e. The number of aromatic hydroxyl groups is 2. The van der Waals surface area contributed by atoms with Crippen molar-refractivity contribution < 1.29 is 65.4 Å². The molecule has 1 aromatic heterocycles. The summed E-state index contributed by atoms with van der Waals surface area (Å²) < 4.78 is 78.0. The summed E-state index contributed by atoms with van der Waals surface area (Å²) in [5, 5.41) is 41.9. The maximum absolute atomic E-state index is 14.1. The van der Waals surface area contributed by atoms with E-state index in [0.29, 0.717) is 18.1 Å². The average molecular weight is 793 g/mol. The zero-order valence-electron chi connectivity index (χ0n) is 24.6. The number of hydrogen-bond donors (Lipinski definition) is 6. The van der Waals surface area contributed by atoms with Gasteiger partial charge in [-0.3, -0.25) is 28.3 Å². The predicted molar refractivity (Wildman–Crippen MR) is 179 cm³/mol. The molecule has 1 heterocycles. The second-order valence-electron chi connectivity index (χ2n) is 10.6. The minimum atomic E-state index is -5.60. The van der Waals surface area contributed by atoms with Gasteiger partial charge in [0.05, 0.1) is 50.5 Å². The number of rotatable bonds is 8. The molecule has 0 saturated carbocycles. The van der Waals surface area contributed by atoms with Gasteiger partial charge in [-0.05, 0) is 36.4 Å². The Hall–Kier alpha value is -4.96. The van der Waals surface area contributed by atoms with Crippen molar-refractivity contribution in [2.45, 2.75) is 19.6 Å². The molecule has 0 aliphatic rings. The zero-order valence-corrected chi connectivity index (χ0v) is 27.8. The van der Waals surface area contributed by atoms with E-state index in [-0.39, 0.29) is 27.7 Å². The third-order valence-corrected chi connectivity index (χ3v) is 10.9. The molecule has 0 saturated heterocycles. The van der Waals surface area contributed by atoms with E-state index in [1.807, 2.05) is 0 Å². The minimum Gasteiger partial charge on any atom is -0.506 e. The van der Waals surface area contributed by atoms with Crippen LogP contribution in [0.25, 0.3) is 65.2 Å². The monoisotopic (exact) mass is 792 g/mol. The second kappa shape index (κ2) is 12.3. The third-order valence-electron chi connectivity index (χ3n) is 7.94. The average Bonchev–Trinajstić information content (AvgIpc) is 3.09. The Bertz CT molecular complexity index is 3220. The lowest BCUT2D eigenvalue weighted by Crippen LogP contribution is -2.17. The van der Waals surface area contributed by atoms with Gasteiger partial charge in [-0.2, -0.15) is 16.8 Å². The normalized spacial score (nSPS) is 12.7. The van der Waals surface area contributed by atoms with Gasteiger partial charge in [-0.25, -0.2) is 20.5 Å². The molecule has 52 heavy (non-hydrogen) atoms. The molecule has 6 N–H and O–H groups in total. The predicted octanol–water partition coefficient (Wildman–Crippen LogP) is 2.47. The second-order valence-corrected chi connectivity index (χ2v) is 14.9. The lowest BCUT2D eigenvalue weighted by Gasteiger charge is -2.15. The number of phenols is 2. The molecule has 0 aliphatic heterocycles. The fourth-order valence-corrected chi connectivity index (χ4v) is 8.05. The zero-order chi connectivity index (χ0) is 37.6. The van der Waals surface area contributed by atoms with Gasteiger partial charge in [-0.1, -0.05) is 10.1 Å². The third kappa shape index (κ3) is 5.25. The fraction of sp³-hybridized carbons (Fsp3) is 0. The minimum absolute atomic E-state index is 0.0204. The van der Waals surface area contributed by atoms with E-state index in [9.17, 15) is 55.3 Å². The Morgan fingerprint density at radius 1 is 0.558 bits per heavy atom. The molecule has 7 rings (SSSR count). The number of benzene rings is 6. The summed E-state index contributed by atoms with van der Waals surface area (Å²) in [5.41, 5.74) is -7.89. The van der Waals surface area contributed by atoms with E-state index in [2.05, 4.69) is 28.7 Å². The molecule has 7 aromatic rings. The number of fused-ring (bicyclic) bond motifs is 8. The first-order valence-electron chi connectivity index (χ1n) is 13.5. The van der Waals surface area contributed by atoms with Crippen molar-refractivity contribution in [2.75, 3.05) is 0 Å². The lowest BCUT2D eigenvalue weighted by molar-refractivity contribution is -0.432. The van der Waals surface area contributed by atoms with Crippen molar-refractivity contribution in [1.82, 2.24) is 9.97 Å². The molecule has 0 spiro atoms. The summed E-state index contributed by atoms with van der Waals surface area (Å²) in [7, 11) is -10.5. The van der Waals surface area contributed by atoms with E-state index in [4.69, 9.17) is 10.5 Å². The van der Waals surface area contributed by atoms with Crippen LogP contribution in [0.15, 0.2) is 75.2 Å². The quantitative estimate of drug-likeness (QED) is 0.0321. The standard InChI is InChI=1S/C28H12N2O18S4/c31-21-10-4-2-8(51(39,40)41)6-12(10)24(34)13-15(21)25(35)27(50-48-46-38)19-17(13)30-20-18(29-19)14-16(26(36)28(20)52(42,43)44)22(32)9-3-1-7(49-47-45-37)5-11(9)23(14)33/h1-6,35-38H,(H,39,40,41)(H,42,43,44). The van der Waals surface area contributed by atoms with E-state index in [1.54, 1.807) is 0 Å². The summed E-state index contributed by atoms with van der Waals surface area (Å²) in [4.78, 5) is 61.1. The van der Waals surface area contributed by atoms with Crippen LogP contribution in [0.4, 0.5) is 0 Å². The van der Waals surface area contributed by atoms with E-state index in [1.165, 1.54) is 6.07 Å². The van der Waals surface area contributed by atoms with Crippen LogP contribution in [0, 0.1) is 0 Å². The van der Waals surface area contributed by atoms with Crippen LogP contribution in [-0.2, 0) is 39.0 Å². The highest BCUT2D eigenvalue weighted by Crippen LogP contribution is 2.44. The highest BCUT2D eigenvalue weighted by Gasteiger charge is 2.32. The van der Waals surface area contributed by atoms with Gasteiger partial charge in [0.2, 0.25) is 0 Å². The summed E-state index contributed by atoms with van der Waals surface area (Å²) in [6, 6.07) is 5.75. The molecule has 266 valence electrons. The van der Waals surface area contributed by atoms with E-state index >= 15 is 0 Å². The van der Waals surface area contributed by atoms with Gasteiger partial charge in [0.15, 0.2) is 32.4 Å². The maximum atomic E-state index is 14.1. The number of hydrogen-bond acceptors (Lipinski definition) is 20. The van der Waals surface area contributed by atoms with Crippen LogP contribution in [-0.4, -0.2) is 56.6 Å².